The van der Waals surface area contributed by atoms with Crippen molar-refractivity contribution >= 4 is 17.6 Å². The van der Waals surface area contributed by atoms with E-state index >= 15 is 0 Å². The molecule has 2 aromatic rings. The first-order valence-corrected chi connectivity index (χ1v) is 8.75. The lowest BCUT2D eigenvalue weighted by Gasteiger charge is -2.17. The quantitative estimate of drug-likeness (QED) is 0.723. The number of anilines is 1. The molecule has 1 aliphatic rings. The van der Waals surface area contributed by atoms with E-state index < -0.39 is 24.3 Å². The van der Waals surface area contributed by atoms with Gasteiger partial charge in [-0.25, -0.2) is 0 Å². The summed E-state index contributed by atoms with van der Waals surface area (Å²) in [6.07, 6.45) is 5.41. The molecule has 1 aromatic carbocycles. The molecule has 0 saturated heterocycles. The lowest BCUT2D eigenvalue weighted by molar-refractivity contribution is -0.138. The molecule has 0 aliphatic heterocycles. The molecule has 1 atom stereocenters. The van der Waals surface area contributed by atoms with Gasteiger partial charge in [-0.05, 0) is 37.1 Å². The van der Waals surface area contributed by atoms with Crippen LogP contribution in [0.5, 0.6) is 0 Å². The number of benzene rings is 1. The van der Waals surface area contributed by atoms with Crippen LogP contribution >= 0.6 is 0 Å². The number of amides is 1. The van der Waals surface area contributed by atoms with Crippen LogP contribution < -0.4 is 11.1 Å². The average Bonchev–Trinajstić information content (AvgIpc) is 3.12. The second-order valence-corrected chi connectivity index (χ2v) is 6.56. The van der Waals surface area contributed by atoms with E-state index in [4.69, 9.17) is 15.4 Å². The molecule has 138 valence electrons. The van der Waals surface area contributed by atoms with Crippen molar-refractivity contribution in [1.29, 1.82) is 0 Å². The standard InChI is InChI=1S/C18H22N4O4/c19-14(10-15(23)24)17(25)20-13-8-6-11(7-9-13)16-21-18(26-22-16)12-4-2-1-3-5-12/h6-9,12,14H,1-5,10,19H2,(H,20,25)(H,23,24)/t14-/m0/s1. The Bertz CT molecular complexity index is 766. The van der Waals surface area contributed by atoms with Crippen LogP contribution in [0.25, 0.3) is 11.4 Å². The number of nitrogens with one attached hydrogen (secondary N) is 1. The molecule has 0 radical (unpaired) electrons. The third-order valence-electron chi connectivity index (χ3n) is 4.54. The first-order valence-electron chi connectivity index (χ1n) is 8.75. The second-order valence-electron chi connectivity index (χ2n) is 6.56. The number of carbonyl (C=O) groups is 2. The zero-order valence-electron chi connectivity index (χ0n) is 14.4. The van der Waals surface area contributed by atoms with E-state index in [-0.39, 0.29) is 0 Å². The number of carbonyl (C=O) groups excluding carboxylic acids is 1. The van der Waals surface area contributed by atoms with Crippen LogP contribution in [0, 0.1) is 0 Å². The predicted octanol–water partition coefficient (Wildman–Crippen LogP) is 2.52. The van der Waals surface area contributed by atoms with Gasteiger partial charge in [0.2, 0.25) is 17.6 Å². The van der Waals surface area contributed by atoms with Gasteiger partial charge >= 0.3 is 5.97 Å². The lowest BCUT2D eigenvalue weighted by Crippen LogP contribution is -2.37. The molecule has 1 aliphatic carbocycles. The van der Waals surface area contributed by atoms with Crippen molar-refractivity contribution in [3.05, 3.63) is 30.2 Å². The maximum Gasteiger partial charge on any atom is 0.305 e. The van der Waals surface area contributed by atoms with Gasteiger partial charge in [-0.2, -0.15) is 4.98 Å². The number of nitrogens with zero attached hydrogens (tertiary/aromatic N) is 2. The fourth-order valence-corrected chi connectivity index (χ4v) is 3.09. The SMILES string of the molecule is N[C@@H](CC(=O)O)C(=O)Nc1ccc(-c2noc(C3CCCCC3)n2)cc1. The summed E-state index contributed by atoms with van der Waals surface area (Å²) in [5, 5.41) is 15.3. The number of carboxylic acids is 1. The number of nitrogens with two attached hydrogens (primary N) is 1. The smallest absolute Gasteiger partial charge is 0.305 e. The summed E-state index contributed by atoms with van der Waals surface area (Å²) in [7, 11) is 0. The molecule has 0 bridgehead atoms. The van der Waals surface area contributed by atoms with E-state index in [2.05, 4.69) is 15.5 Å². The third kappa shape index (κ3) is 4.45. The van der Waals surface area contributed by atoms with E-state index in [1.807, 2.05) is 0 Å². The van der Waals surface area contributed by atoms with Crippen molar-refractivity contribution in [2.75, 3.05) is 5.32 Å². The Kier molecular flexibility index (Phi) is 5.62. The summed E-state index contributed by atoms with van der Waals surface area (Å²) in [5.41, 5.74) is 6.84. The zero-order chi connectivity index (χ0) is 18.5. The highest BCUT2D eigenvalue weighted by atomic mass is 16.5. The Hall–Kier alpha value is -2.74. The molecular weight excluding hydrogens is 336 g/mol. The number of aliphatic carboxylic acids is 1. The molecule has 1 saturated carbocycles. The number of hydrogen-bond acceptors (Lipinski definition) is 6. The van der Waals surface area contributed by atoms with E-state index in [9.17, 15) is 9.59 Å². The summed E-state index contributed by atoms with van der Waals surface area (Å²) in [6, 6.07) is 5.83. The molecule has 0 unspecified atom stereocenters. The van der Waals surface area contributed by atoms with Crippen LogP contribution in [0.3, 0.4) is 0 Å². The molecule has 1 aromatic heterocycles. The molecule has 1 fully saturated rings. The van der Waals surface area contributed by atoms with E-state index in [0.29, 0.717) is 23.3 Å². The zero-order valence-corrected chi connectivity index (χ0v) is 14.4. The second kappa shape index (κ2) is 8.09. The Morgan fingerprint density at radius 2 is 1.92 bits per heavy atom. The molecule has 8 heteroatoms. The number of carboxylic acid groups (broad SMARTS) is 1. The largest absolute Gasteiger partial charge is 0.481 e. The number of rotatable bonds is 6. The van der Waals surface area contributed by atoms with Crippen molar-refractivity contribution in [2.24, 2.45) is 5.73 Å². The molecule has 0 spiro atoms. The highest BCUT2D eigenvalue weighted by molar-refractivity contribution is 5.96. The van der Waals surface area contributed by atoms with Gasteiger partial charge in [0, 0.05) is 17.2 Å². The minimum atomic E-state index is -1.12. The molecule has 1 amide bonds. The van der Waals surface area contributed by atoms with E-state index in [0.717, 1.165) is 18.4 Å². The number of hydrogen-bond donors (Lipinski definition) is 3. The molecule has 1 heterocycles. The Balaban J connectivity index is 1.63. The van der Waals surface area contributed by atoms with Crippen LogP contribution in [-0.4, -0.2) is 33.2 Å². The minimum absolute atomic E-state index is 0.347. The maximum absolute atomic E-state index is 11.8. The third-order valence-corrected chi connectivity index (χ3v) is 4.54. The van der Waals surface area contributed by atoms with Crippen LogP contribution in [0.1, 0.15) is 50.3 Å². The van der Waals surface area contributed by atoms with Gasteiger partial charge < -0.3 is 20.7 Å². The van der Waals surface area contributed by atoms with E-state index in [1.165, 1.54) is 19.3 Å². The van der Waals surface area contributed by atoms with Crippen LogP contribution in [-0.2, 0) is 9.59 Å². The summed E-state index contributed by atoms with van der Waals surface area (Å²) in [5.74, 6) is -0.102. The Morgan fingerprint density at radius 3 is 2.58 bits per heavy atom. The fourth-order valence-electron chi connectivity index (χ4n) is 3.09. The summed E-state index contributed by atoms with van der Waals surface area (Å²) in [6.45, 7) is 0. The summed E-state index contributed by atoms with van der Waals surface area (Å²) < 4.78 is 5.42. The summed E-state index contributed by atoms with van der Waals surface area (Å²) >= 11 is 0. The monoisotopic (exact) mass is 358 g/mol. The first-order chi connectivity index (χ1) is 12.5. The fraction of sp³-hybridized carbons (Fsp3) is 0.444. The van der Waals surface area contributed by atoms with Crippen LogP contribution in [0.2, 0.25) is 0 Å². The molecule has 26 heavy (non-hydrogen) atoms. The molecule has 3 rings (SSSR count). The van der Waals surface area contributed by atoms with Gasteiger partial charge in [-0.3, -0.25) is 9.59 Å². The van der Waals surface area contributed by atoms with Crippen molar-refractivity contribution in [1.82, 2.24) is 10.1 Å². The van der Waals surface area contributed by atoms with Crippen molar-refractivity contribution in [3.8, 4) is 11.4 Å². The van der Waals surface area contributed by atoms with Crippen molar-refractivity contribution in [3.63, 3.8) is 0 Å². The first kappa shape index (κ1) is 18.1. The topological polar surface area (TPSA) is 131 Å². The van der Waals surface area contributed by atoms with E-state index in [1.54, 1.807) is 24.3 Å². The Morgan fingerprint density at radius 1 is 1.23 bits per heavy atom. The predicted molar refractivity (Wildman–Crippen MR) is 94.4 cm³/mol. The van der Waals surface area contributed by atoms with Crippen molar-refractivity contribution < 1.29 is 19.2 Å². The average molecular weight is 358 g/mol. The van der Waals surface area contributed by atoms with Crippen molar-refractivity contribution in [2.45, 2.75) is 50.5 Å². The molecule has 4 N–H and O–H groups in total. The Labute approximate surface area is 150 Å². The maximum atomic E-state index is 11.8. The highest BCUT2D eigenvalue weighted by Gasteiger charge is 2.22. The van der Waals surface area contributed by atoms with Crippen LogP contribution in [0.15, 0.2) is 28.8 Å². The van der Waals surface area contributed by atoms with Gasteiger partial charge in [0.25, 0.3) is 0 Å². The summed E-state index contributed by atoms with van der Waals surface area (Å²) in [4.78, 5) is 26.9. The van der Waals surface area contributed by atoms with Gasteiger partial charge in [-0.1, -0.05) is 24.4 Å². The van der Waals surface area contributed by atoms with Gasteiger partial charge in [0.15, 0.2) is 0 Å². The molecular formula is C18H22N4O4. The molecule has 8 nitrogen and oxygen atoms in total. The minimum Gasteiger partial charge on any atom is -0.481 e. The van der Waals surface area contributed by atoms with Gasteiger partial charge in [0.1, 0.15) is 0 Å². The van der Waals surface area contributed by atoms with Gasteiger partial charge in [0.05, 0.1) is 12.5 Å². The number of aromatic nitrogens is 2. The lowest BCUT2D eigenvalue weighted by atomic mass is 9.89. The highest BCUT2D eigenvalue weighted by Crippen LogP contribution is 2.32. The van der Waals surface area contributed by atoms with Crippen LogP contribution in [0.4, 0.5) is 5.69 Å². The normalized spacial score (nSPS) is 16.2. The van der Waals surface area contributed by atoms with Gasteiger partial charge in [-0.15, -0.1) is 0 Å².